The van der Waals surface area contributed by atoms with Gasteiger partial charge < -0.3 is 20.6 Å². The molecule has 2 aliphatic rings. The molecule has 7 heteroatoms. The molecule has 28 heavy (non-hydrogen) atoms. The third kappa shape index (κ3) is 5.71. The van der Waals surface area contributed by atoms with Crippen LogP contribution in [-0.2, 0) is 14.4 Å². The third-order valence-corrected chi connectivity index (χ3v) is 5.61. The Bertz CT molecular complexity index is 717. The monoisotopic (exact) mass is 387 g/mol. The van der Waals surface area contributed by atoms with Crippen molar-refractivity contribution in [2.24, 2.45) is 11.8 Å². The lowest BCUT2D eigenvalue weighted by Gasteiger charge is -2.33. The molecule has 1 atom stereocenters. The summed E-state index contributed by atoms with van der Waals surface area (Å²) in [6, 6.07) is 6.33. The van der Waals surface area contributed by atoms with Crippen LogP contribution >= 0.6 is 0 Å². The quantitative estimate of drug-likeness (QED) is 0.668. The fraction of sp³-hybridized carbons (Fsp3) is 0.571. The second-order valence-electron chi connectivity index (χ2n) is 7.82. The molecule has 1 aliphatic heterocycles. The summed E-state index contributed by atoms with van der Waals surface area (Å²) in [5.74, 6) is 0.423. The molecule has 0 bridgehead atoms. The number of phenolic OH excluding ortho intramolecular Hbond substituents is 1. The molecule has 1 aliphatic carbocycles. The van der Waals surface area contributed by atoms with Crippen LogP contribution in [0.5, 0.6) is 5.75 Å². The summed E-state index contributed by atoms with van der Waals surface area (Å²) in [6.07, 6.45) is 5.32. The maximum Gasteiger partial charge on any atom is 0.224 e. The number of benzene rings is 1. The van der Waals surface area contributed by atoms with E-state index in [-0.39, 0.29) is 48.1 Å². The van der Waals surface area contributed by atoms with Crippen molar-refractivity contribution in [3.05, 3.63) is 24.3 Å². The highest BCUT2D eigenvalue weighted by atomic mass is 16.3. The SMILES string of the molecule is O=C(CCC(=O)N1CCCC(CNC(=O)C2CCC2)C1)Nc1cccc(O)c1. The Balaban J connectivity index is 1.38. The smallest absolute Gasteiger partial charge is 0.224 e. The van der Waals surface area contributed by atoms with Crippen LogP contribution < -0.4 is 10.6 Å². The van der Waals surface area contributed by atoms with E-state index >= 15 is 0 Å². The predicted octanol–water partition coefficient (Wildman–Crippen LogP) is 2.27. The van der Waals surface area contributed by atoms with Gasteiger partial charge >= 0.3 is 0 Å². The van der Waals surface area contributed by atoms with Crippen molar-refractivity contribution in [2.75, 3.05) is 25.0 Å². The van der Waals surface area contributed by atoms with Crippen LogP contribution in [0.2, 0.25) is 0 Å². The number of hydrogen-bond acceptors (Lipinski definition) is 4. The molecule has 1 saturated heterocycles. The Morgan fingerprint density at radius 3 is 2.64 bits per heavy atom. The topological polar surface area (TPSA) is 98.7 Å². The summed E-state index contributed by atoms with van der Waals surface area (Å²) in [5, 5.41) is 15.1. The van der Waals surface area contributed by atoms with Gasteiger partial charge in [0.1, 0.15) is 5.75 Å². The molecule has 0 radical (unpaired) electrons. The summed E-state index contributed by atoms with van der Waals surface area (Å²) in [6.45, 7) is 1.97. The fourth-order valence-electron chi connectivity index (χ4n) is 3.70. The Morgan fingerprint density at radius 2 is 1.93 bits per heavy atom. The number of amides is 3. The molecule has 1 aromatic carbocycles. The van der Waals surface area contributed by atoms with E-state index in [1.54, 1.807) is 12.1 Å². The van der Waals surface area contributed by atoms with E-state index in [4.69, 9.17) is 0 Å². The zero-order chi connectivity index (χ0) is 19.9. The molecule has 2 fully saturated rings. The van der Waals surface area contributed by atoms with E-state index in [1.165, 1.54) is 12.1 Å². The number of phenols is 1. The van der Waals surface area contributed by atoms with Crippen LogP contribution in [0, 0.1) is 11.8 Å². The normalized spacial score (nSPS) is 19.6. The molecule has 0 aromatic heterocycles. The van der Waals surface area contributed by atoms with Gasteiger partial charge in [-0.2, -0.15) is 0 Å². The molecule has 1 aromatic rings. The summed E-state index contributed by atoms with van der Waals surface area (Å²) < 4.78 is 0. The molecular weight excluding hydrogens is 358 g/mol. The molecule has 1 saturated carbocycles. The van der Waals surface area contributed by atoms with Crippen molar-refractivity contribution >= 4 is 23.4 Å². The van der Waals surface area contributed by atoms with Gasteiger partial charge in [-0.3, -0.25) is 14.4 Å². The number of piperidine rings is 1. The lowest BCUT2D eigenvalue weighted by molar-refractivity contribution is -0.134. The molecule has 0 spiro atoms. The Morgan fingerprint density at radius 1 is 1.11 bits per heavy atom. The lowest BCUT2D eigenvalue weighted by atomic mass is 9.84. The summed E-state index contributed by atoms with van der Waals surface area (Å²) >= 11 is 0. The summed E-state index contributed by atoms with van der Waals surface area (Å²) in [5.41, 5.74) is 0.512. The maximum absolute atomic E-state index is 12.5. The van der Waals surface area contributed by atoms with Crippen LogP contribution in [0.4, 0.5) is 5.69 Å². The number of likely N-dealkylation sites (tertiary alicyclic amines) is 1. The number of carbonyl (C=O) groups excluding carboxylic acids is 3. The second-order valence-corrected chi connectivity index (χ2v) is 7.82. The summed E-state index contributed by atoms with van der Waals surface area (Å²) in [7, 11) is 0. The van der Waals surface area contributed by atoms with E-state index in [9.17, 15) is 19.5 Å². The van der Waals surface area contributed by atoms with Crippen molar-refractivity contribution in [3.8, 4) is 5.75 Å². The van der Waals surface area contributed by atoms with Crippen molar-refractivity contribution in [3.63, 3.8) is 0 Å². The van der Waals surface area contributed by atoms with E-state index in [1.807, 2.05) is 4.90 Å². The molecule has 3 amide bonds. The van der Waals surface area contributed by atoms with Gasteiger partial charge in [-0.05, 0) is 43.7 Å². The molecule has 3 N–H and O–H groups in total. The van der Waals surface area contributed by atoms with E-state index in [0.29, 0.717) is 25.3 Å². The molecule has 1 unspecified atom stereocenters. The van der Waals surface area contributed by atoms with E-state index < -0.39 is 0 Å². The van der Waals surface area contributed by atoms with Gasteiger partial charge in [0.25, 0.3) is 0 Å². The molecule has 1 heterocycles. The van der Waals surface area contributed by atoms with Gasteiger partial charge in [-0.1, -0.05) is 12.5 Å². The van der Waals surface area contributed by atoms with Gasteiger partial charge in [0.15, 0.2) is 0 Å². The predicted molar refractivity (Wildman–Crippen MR) is 106 cm³/mol. The number of nitrogens with one attached hydrogen (secondary N) is 2. The van der Waals surface area contributed by atoms with Crippen molar-refractivity contribution in [1.82, 2.24) is 10.2 Å². The van der Waals surface area contributed by atoms with Crippen LogP contribution in [0.15, 0.2) is 24.3 Å². The molecule has 152 valence electrons. The Hall–Kier alpha value is -2.57. The first-order chi connectivity index (χ1) is 13.5. The van der Waals surface area contributed by atoms with Crippen LogP contribution in [0.25, 0.3) is 0 Å². The van der Waals surface area contributed by atoms with Gasteiger partial charge in [-0.25, -0.2) is 0 Å². The standard InChI is InChI=1S/C21H29N3O4/c25-18-8-2-7-17(12-18)23-19(26)9-10-20(27)24-11-3-4-15(14-24)13-22-21(28)16-5-1-6-16/h2,7-8,12,15-16,25H,1,3-6,9-11,13-14H2,(H,22,28)(H,23,26). The third-order valence-electron chi connectivity index (χ3n) is 5.61. The average molecular weight is 387 g/mol. The van der Waals surface area contributed by atoms with Crippen LogP contribution in [0.1, 0.15) is 44.9 Å². The number of carbonyl (C=O) groups is 3. The van der Waals surface area contributed by atoms with Gasteiger partial charge in [-0.15, -0.1) is 0 Å². The Kier molecular flexibility index (Phi) is 6.90. The average Bonchev–Trinajstić information content (AvgIpc) is 2.63. The zero-order valence-corrected chi connectivity index (χ0v) is 16.2. The van der Waals surface area contributed by atoms with E-state index in [2.05, 4.69) is 10.6 Å². The lowest BCUT2D eigenvalue weighted by Crippen LogP contribution is -2.45. The van der Waals surface area contributed by atoms with Gasteiger partial charge in [0, 0.05) is 50.1 Å². The maximum atomic E-state index is 12.5. The minimum Gasteiger partial charge on any atom is -0.508 e. The second kappa shape index (κ2) is 9.57. The number of nitrogens with zero attached hydrogens (tertiary/aromatic N) is 1. The highest BCUT2D eigenvalue weighted by Crippen LogP contribution is 2.26. The minimum atomic E-state index is -0.250. The highest BCUT2D eigenvalue weighted by Gasteiger charge is 2.27. The van der Waals surface area contributed by atoms with Gasteiger partial charge in [0.2, 0.25) is 17.7 Å². The largest absolute Gasteiger partial charge is 0.508 e. The van der Waals surface area contributed by atoms with Crippen LogP contribution in [0.3, 0.4) is 0 Å². The van der Waals surface area contributed by atoms with Crippen molar-refractivity contribution in [1.29, 1.82) is 0 Å². The molecule has 7 nitrogen and oxygen atoms in total. The zero-order valence-electron chi connectivity index (χ0n) is 16.2. The summed E-state index contributed by atoms with van der Waals surface area (Å²) in [4.78, 5) is 38.3. The van der Waals surface area contributed by atoms with E-state index in [0.717, 1.165) is 32.1 Å². The van der Waals surface area contributed by atoms with Crippen molar-refractivity contribution < 1.29 is 19.5 Å². The first-order valence-corrected chi connectivity index (χ1v) is 10.2. The number of anilines is 1. The highest BCUT2D eigenvalue weighted by molar-refractivity contribution is 5.93. The van der Waals surface area contributed by atoms with Gasteiger partial charge in [0.05, 0.1) is 0 Å². The number of rotatable bonds is 7. The first kappa shape index (κ1) is 20.2. The fourth-order valence-corrected chi connectivity index (χ4v) is 3.70. The molecule has 3 rings (SSSR count). The number of aromatic hydroxyl groups is 1. The first-order valence-electron chi connectivity index (χ1n) is 10.2. The minimum absolute atomic E-state index is 0.0268. The molecular formula is C21H29N3O4. The van der Waals surface area contributed by atoms with Crippen molar-refractivity contribution in [2.45, 2.75) is 44.9 Å². The number of hydrogen-bond donors (Lipinski definition) is 3. The van der Waals surface area contributed by atoms with Crippen LogP contribution in [-0.4, -0.2) is 47.4 Å². The Labute approximate surface area is 165 Å².